The molecule has 0 aromatic heterocycles. The van der Waals surface area contributed by atoms with Gasteiger partial charge in [-0.1, -0.05) is 25.1 Å². The summed E-state index contributed by atoms with van der Waals surface area (Å²) >= 11 is 1.92. The molecule has 1 N–H and O–H groups in total. The van der Waals surface area contributed by atoms with E-state index in [0.29, 0.717) is 6.54 Å². The lowest BCUT2D eigenvalue weighted by atomic mass is 10.1. The Hall–Kier alpha value is -1.49. The van der Waals surface area contributed by atoms with E-state index >= 15 is 0 Å². The number of hydrogen-bond acceptors (Lipinski definition) is 3. The molecule has 1 aromatic carbocycles. The van der Waals surface area contributed by atoms with Gasteiger partial charge in [0.15, 0.2) is 0 Å². The number of hydrogen-bond donors (Lipinski definition) is 1. The molecule has 1 aliphatic carbocycles. The highest BCUT2D eigenvalue weighted by Gasteiger charge is 2.42. The number of fused-ring (bicyclic) bond motifs is 1. The third-order valence-electron chi connectivity index (χ3n) is 4.10. The first kappa shape index (κ1) is 14.4. The Bertz CT molecular complexity index is 569. The zero-order valence-electron chi connectivity index (χ0n) is 12.2. The zero-order chi connectivity index (χ0) is 14.9. The molecule has 112 valence electrons. The Balaban J connectivity index is 1.52. The van der Waals surface area contributed by atoms with Crippen LogP contribution in [-0.4, -0.2) is 40.3 Å². The van der Waals surface area contributed by atoms with E-state index < -0.39 is 0 Å². The number of carbonyl (C=O) groups excluding carboxylic acids is 2. The summed E-state index contributed by atoms with van der Waals surface area (Å²) in [5.74, 6) is 0.986. The number of nitrogens with zero attached hydrogens (tertiary/aromatic N) is 1. The molecule has 2 amide bonds. The molecule has 21 heavy (non-hydrogen) atoms. The van der Waals surface area contributed by atoms with Crippen LogP contribution in [0.5, 0.6) is 0 Å². The number of nitrogens with one attached hydrogen (secondary N) is 1. The van der Waals surface area contributed by atoms with Crippen molar-refractivity contribution < 1.29 is 9.59 Å². The van der Waals surface area contributed by atoms with Gasteiger partial charge >= 0.3 is 0 Å². The lowest BCUT2D eigenvalue weighted by Crippen LogP contribution is -2.40. The first-order valence-electron chi connectivity index (χ1n) is 7.41. The van der Waals surface area contributed by atoms with Gasteiger partial charge in [-0.15, -0.1) is 0 Å². The highest BCUT2D eigenvalue weighted by molar-refractivity contribution is 8.00. The molecule has 0 radical (unpaired) electrons. The zero-order valence-corrected chi connectivity index (χ0v) is 13.0. The Labute approximate surface area is 129 Å². The van der Waals surface area contributed by atoms with Gasteiger partial charge in [0, 0.05) is 23.4 Å². The molecule has 0 atom stereocenters. The minimum atomic E-state index is -0.0564. The van der Waals surface area contributed by atoms with Crippen LogP contribution in [0.2, 0.25) is 0 Å². The summed E-state index contributed by atoms with van der Waals surface area (Å²) in [4.78, 5) is 25.9. The van der Waals surface area contributed by atoms with Crippen molar-refractivity contribution in [3.8, 4) is 0 Å². The van der Waals surface area contributed by atoms with Crippen molar-refractivity contribution in [1.29, 1.82) is 0 Å². The van der Waals surface area contributed by atoms with E-state index in [0.717, 1.165) is 23.4 Å². The van der Waals surface area contributed by atoms with Crippen LogP contribution in [0.1, 0.15) is 35.7 Å². The minimum absolute atomic E-state index is 0.0372. The summed E-state index contributed by atoms with van der Waals surface area (Å²) in [7, 11) is 0. The largest absolute Gasteiger partial charge is 0.353 e. The molecule has 1 fully saturated rings. The van der Waals surface area contributed by atoms with Gasteiger partial charge in [-0.3, -0.25) is 9.59 Å². The highest BCUT2D eigenvalue weighted by Crippen LogP contribution is 2.47. The summed E-state index contributed by atoms with van der Waals surface area (Å²) in [5.41, 5.74) is 1.74. The first-order valence-corrected chi connectivity index (χ1v) is 8.40. The Morgan fingerprint density at radius 1 is 1.38 bits per heavy atom. The van der Waals surface area contributed by atoms with Crippen LogP contribution in [0.25, 0.3) is 0 Å². The van der Waals surface area contributed by atoms with Crippen molar-refractivity contribution in [1.82, 2.24) is 10.2 Å². The molecule has 1 aliphatic heterocycles. The minimum Gasteiger partial charge on any atom is -0.353 e. The highest BCUT2D eigenvalue weighted by atomic mass is 32.2. The molecule has 2 aliphatic rings. The van der Waals surface area contributed by atoms with Gasteiger partial charge in [0.2, 0.25) is 5.91 Å². The fourth-order valence-electron chi connectivity index (χ4n) is 2.75. The fraction of sp³-hybridized carbons (Fsp3) is 0.500. The van der Waals surface area contributed by atoms with E-state index in [1.54, 1.807) is 4.90 Å². The van der Waals surface area contributed by atoms with E-state index in [9.17, 15) is 9.59 Å². The summed E-state index contributed by atoms with van der Waals surface area (Å²) in [6.45, 7) is 3.56. The Kier molecular flexibility index (Phi) is 3.93. The number of thioether (sulfide) groups is 1. The molecule has 4 nitrogen and oxygen atoms in total. The number of carbonyl (C=O) groups is 2. The van der Waals surface area contributed by atoms with E-state index in [4.69, 9.17) is 0 Å². The average Bonchev–Trinajstić information content (AvgIpc) is 3.18. The van der Waals surface area contributed by atoms with E-state index in [1.807, 2.05) is 36.0 Å². The normalized spacial score (nSPS) is 18.5. The summed E-state index contributed by atoms with van der Waals surface area (Å²) < 4.78 is 0.266. The topological polar surface area (TPSA) is 49.4 Å². The molecule has 0 saturated heterocycles. The van der Waals surface area contributed by atoms with E-state index in [-0.39, 0.29) is 23.1 Å². The molecule has 1 aromatic rings. The molecule has 5 heteroatoms. The quantitative estimate of drug-likeness (QED) is 0.875. The summed E-state index contributed by atoms with van der Waals surface area (Å²) in [6, 6.07) is 7.56. The third-order valence-corrected chi connectivity index (χ3v) is 5.55. The fourth-order valence-corrected chi connectivity index (χ4v) is 3.93. The predicted octanol–water partition coefficient (Wildman–Crippen LogP) is 2.04. The lowest BCUT2D eigenvalue weighted by molar-refractivity contribution is -0.121. The molecular formula is C16H20N2O2S. The van der Waals surface area contributed by atoms with Crippen LogP contribution in [-0.2, 0) is 11.3 Å². The maximum atomic E-state index is 12.2. The first-order chi connectivity index (χ1) is 10.1. The van der Waals surface area contributed by atoms with Gasteiger partial charge in [0.05, 0.1) is 0 Å². The Morgan fingerprint density at radius 3 is 2.81 bits per heavy atom. The molecular weight excluding hydrogens is 284 g/mol. The maximum Gasteiger partial charge on any atom is 0.254 e. The van der Waals surface area contributed by atoms with E-state index in [1.165, 1.54) is 12.8 Å². The second-order valence-electron chi connectivity index (χ2n) is 5.71. The molecule has 0 spiro atoms. The van der Waals surface area contributed by atoms with Crippen molar-refractivity contribution >= 4 is 23.6 Å². The average molecular weight is 304 g/mol. The van der Waals surface area contributed by atoms with E-state index in [2.05, 4.69) is 12.2 Å². The van der Waals surface area contributed by atoms with Crippen molar-refractivity contribution in [3.63, 3.8) is 0 Å². The number of rotatable bonds is 6. The second-order valence-corrected chi connectivity index (χ2v) is 7.44. The smallest absolute Gasteiger partial charge is 0.254 e. The van der Waals surface area contributed by atoms with Crippen molar-refractivity contribution in [2.24, 2.45) is 0 Å². The standard InChI is InChI=1S/C16H20N2O2S/c1-2-21-16(7-8-16)11-17-14(19)10-18-9-12-5-3-4-6-13(12)15(18)20/h3-6H,2,7-11H2,1H3,(H,17,19). The number of benzene rings is 1. The SMILES string of the molecule is CCSC1(CNC(=O)CN2Cc3ccccc3C2=O)CC1. The monoisotopic (exact) mass is 304 g/mol. The molecule has 0 unspecified atom stereocenters. The van der Waals surface area contributed by atoms with Crippen LogP contribution in [0, 0.1) is 0 Å². The summed E-state index contributed by atoms with van der Waals surface area (Å²) in [5, 5.41) is 2.99. The van der Waals surface area contributed by atoms with Crippen LogP contribution >= 0.6 is 11.8 Å². The maximum absolute atomic E-state index is 12.2. The number of amides is 2. The van der Waals surface area contributed by atoms with Gasteiger partial charge in [-0.25, -0.2) is 0 Å². The second kappa shape index (κ2) is 5.72. The van der Waals surface area contributed by atoms with Gasteiger partial charge in [-0.05, 0) is 30.2 Å². The molecule has 3 rings (SSSR count). The van der Waals surface area contributed by atoms with Gasteiger partial charge in [-0.2, -0.15) is 11.8 Å². The molecule has 1 heterocycles. The third kappa shape index (κ3) is 3.07. The van der Waals surface area contributed by atoms with Gasteiger partial charge < -0.3 is 10.2 Å². The van der Waals surface area contributed by atoms with Crippen molar-refractivity contribution in [2.75, 3.05) is 18.8 Å². The van der Waals surface area contributed by atoms with Crippen molar-refractivity contribution in [2.45, 2.75) is 31.1 Å². The predicted molar refractivity (Wildman–Crippen MR) is 84.3 cm³/mol. The van der Waals surface area contributed by atoms with Crippen molar-refractivity contribution in [3.05, 3.63) is 35.4 Å². The summed E-state index contributed by atoms with van der Waals surface area (Å²) in [6.07, 6.45) is 2.36. The van der Waals surface area contributed by atoms with Crippen LogP contribution in [0.3, 0.4) is 0 Å². The van der Waals surface area contributed by atoms with Gasteiger partial charge in [0.25, 0.3) is 5.91 Å². The van der Waals surface area contributed by atoms with Crippen LogP contribution in [0.4, 0.5) is 0 Å². The molecule has 1 saturated carbocycles. The van der Waals surface area contributed by atoms with Crippen LogP contribution < -0.4 is 5.32 Å². The van der Waals surface area contributed by atoms with Gasteiger partial charge in [0.1, 0.15) is 6.54 Å². The molecule has 0 bridgehead atoms. The Morgan fingerprint density at radius 2 is 2.14 bits per heavy atom. The lowest BCUT2D eigenvalue weighted by Gasteiger charge is -2.18. The van der Waals surface area contributed by atoms with Crippen LogP contribution in [0.15, 0.2) is 24.3 Å².